The highest BCUT2D eigenvalue weighted by molar-refractivity contribution is 7.90. The van der Waals surface area contributed by atoms with Crippen LogP contribution < -0.4 is 0 Å². The lowest BCUT2D eigenvalue weighted by Gasteiger charge is -2.22. The van der Waals surface area contributed by atoms with Crippen LogP contribution in [0.1, 0.15) is 64.8 Å². The minimum absolute atomic E-state index is 0.309. The van der Waals surface area contributed by atoms with Gasteiger partial charge in [-0.1, -0.05) is 55.7 Å². The molecule has 4 rings (SSSR count). The summed E-state index contributed by atoms with van der Waals surface area (Å²) in [7, 11) is -3.90. The zero-order valence-electron chi connectivity index (χ0n) is 17.4. The van der Waals surface area contributed by atoms with E-state index in [0.717, 1.165) is 5.56 Å². The molecular weight excluding hydrogens is 408 g/mol. The first-order valence-corrected chi connectivity index (χ1v) is 12.1. The van der Waals surface area contributed by atoms with Gasteiger partial charge in [0.15, 0.2) is 6.29 Å². The Labute approximate surface area is 183 Å². The topological polar surface area (TPSA) is 69.0 Å². The Morgan fingerprint density at radius 2 is 1.84 bits per heavy atom. The third-order valence-corrected chi connectivity index (χ3v) is 8.01. The van der Waals surface area contributed by atoms with Gasteiger partial charge in [-0.05, 0) is 47.6 Å². The van der Waals surface area contributed by atoms with Crippen molar-refractivity contribution in [1.29, 1.82) is 0 Å². The molecule has 2 heterocycles. The minimum atomic E-state index is -3.90. The van der Waals surface area contributed by atoms with Gasteiger partial charge in [-0.2, -0.15) is 0 Å². The molecule has 0 N–H and O–H groups in total. The summed E-state index contributed by atoms with van der Waals surface area (Å²) >= 11 is 0. The van der Waals surface area contributed by atoms with Crippen molar-refractivity contribution in [3.05, 3.63) is 90.4 Å². The number of hydrogen-bond donors (Lipinski definition) is 0. The van der Waals surface area contributed by atoms with Crippen molar-refractivity contribution in [3.8, 4) is 11.3 Å². The van der Waals surface area contributed by atoms with Gasteiger partial charge in [0.2, 0.25) is 10.0 Å². The van der Waals surface area contributed by atoms with Crippen LogP contribution in [0.15, 0.2) is 73.7 Å². The smallest absolute Gasteiger partial charge is 0.249 e. The molecule has 5 nitrogen and oxygen atoms in total. The molecule has 3 aromatic rings. The van der Waals surface area contributed by atoms with Gasteiger partial charge >= 0.3 is 0 Å². The van der Waals surface area contributed by atoms with Crippen LogP contribution in [0.5, 0.6) is 0 Å². The second-order valence-electron chi connectivity index (χ2n) is 8.02. The number of benzene rings is 1. The fraction of sp³-hybridized carbons (Fsp3) is 0.280. The Hall–Kier alpha value is -2.99. The van der Waals surface area contributed by atoms with Crippen LogP contribution >= 0.6 is 0 Å². The number of rotatable bonds is 7. The zero-order chi connectivity index (χ0) is 21.8. The van der Waals surface area contributed by atoms with Gasteiger partial charge in [-0.25, -0.2) is 12.4 Å². The largest absolute Gasteiger partial charge is 0.298 e. The first-order chi connectivity index (χ1) is 15.0. The number of nitrogens with zero attached hydrogens (tertiary/aromatic N) is 2. The molecule has 1 aliphatic rings. The molecule has 1 unspecified atom stereocenters. The van der Waals surface area contributed by atoms with E-state index in [1.807, 2.05) is 12.1 Å². The fourth-order valence-electron chi connectivity index (χ4n) is 4.41. The summed E-state index contributed by atoms with van der Waals surface area (Å²) in [5, 5.41) is -0.978. The number of hydrogen-bond acceptors (Lipinski definition) is 4. The lowest BCUT2D eigenvalue weighted by atomic mass is 9.84. The summed E-state index contributed by atoms with van der Waals surface area (Å²) in [5.41, 5.74) is 3.35. The first kappa shape index (κ1) is 21.2. The van der Waals surface area contributed by atoms with Crippen molar-refractivity contribution >= 4 is 16.3 Å². The van der Waals surface area contributed by atoms with Crippen molar-refractivity contribution in [1.82, 2.24) is 8.96 Å². The van der Waals surface area contributed by atoms with E-state index in [2.05, 4.69) is 23.7 Å². The molecule has 1 fully saturated rings. The van der Waals surface area contributed by atoms with E-state index in [0.29, 0.717) is 29.0 Å². The summed E-state index contributed by atoms with van der Waals surface area (Å²) in [4.78, 5) is 15.5. The van der Waals surface area contributed by atoms with Crippen molar-refractivity contribution in [3.63, 3.8) is 0 Å². The van der Waals surface area contributed by atoms with Crippen LogP contribution in [0.3, 0.4) is 0 Å². The summed E-state index contributed by atoms with van der Waals surface area (Å²) < 4.78 is 28.3. The van der Waals surface area contributed by atoms with Crippen molar-refractivity contribution < 1.29 is 13.2 Å². The van der Waals surface area contributed by atoms with Crippen LogP contribution in [-0.4, -0.2) is 23.7 Å². The standard InChI is InChI=1S/C25H26N2O3S/c1-2-25(23-9-6-14-26-16-23)31(29,30)27-17-19(18-28)15-24(27)22-12-10-21(11-13-22)20-7-4-3-5-8-20/h2,6,9-18,20,25H,1,3-5,7-8H2. The van der Waals surface area contributed by atoms with Crippen molar-refractivity contribution in [2.75, 3.05) is 0 Å². The number of aldehydes is 1. The average Bonchev–Trinajstić information content (AvgIpc) is 3.26. The lowest BCUT2D eigenvalue weighted by molar-refractivity contribution is 0.112. The quantitative estimate of drug-likeness (QED) is 0.363. The maximum Gasteiger partial charge on any atom is 0.249 e. The molecule has 1 atom stereocenters. The predicted octanol–water partition coefficient (Wildman–Crippen LogP) is 5.52. The molecule has 0 amide bonds. The van der Waals surface area contributed by atoms with E-state index in [9.17, 15) is 13.2 Å². The Kier molecular flexibility index (Phi) is 6.18. The predicted molar refractivity (Wildman–Crippen MR) is 123 cm³/mol. The monoisotopic (exact) mass is 434 g/mol. The normalized spacial score (nSPS) is 16.0. The SMILES string of the molecule is C=CC(c1cccnc1)S(=O)(=O)n1cc(C=O)cc1-c1ccc(C2CCCCC2)cc1. The van der Waals surface area contributed by atoms with Crippen LogP contribution in [-0.2, 0) is 10.0 Å². The molecule has 1 saturated carbocycles. The van der Waals surface area contributed by atoms with Gasteiger partial charge in [-0.15, -0.1) is 6.58 Å². The van der Waals surface area contributed by atoms with E-state index in [1.165, 1.54) is 60.1 Å². The highest BCUT2D eigenvalue weighted by Gasteiger charge is 2.29. The minimum Gasteiger partial charge on any atom is -0.298 e. The Morgan fingerprint density at radius 1 is 1.10 bits per heavy atom. The van der Waals surface area contributed by atoms with E-state index in [4.69, 9.17) is 0 Å². The second-order valence-corrected chi connectivity index (χ2v) is 9.95. The third-order valence-electron chi connectivity index (χ3n) is 6.05. The van der Waals surface area contributed by atoms with Gasteiger partial charge in [0, 0.05) is 24.2 Å². The van der Waals surface area contributed by atoms with Crippen molar-refractivity contribution in [2.24, 2.45) is 0 Å². The second kappa shape index (κ2) is 9.02. The summed E-state index contributed by atoms with van der Waals surface area (Å²) in [6.45, 7) is 3.73. The number of carbonyl (C=O) groups is 1. The molecule has 1 aliphatic carbocycles. The fourth-order valence-corrected chi connectivity index (χ4v) is 6.08. The number of pyridine rings is 1. The highest BCUT2D eigenvalue weighted by Crippen LogP contribution is 2.35. The summed E-state index contributed by atoms with van der Waals surface area (Å²) in [5.74, 6) is 0.569. The van der Waals surface area contributed by atoms with Crippen molar-refractivity contribution in [2.45, 2.75) is 43.3 Å². The van der Waals surface area contributed by atoms with E-state index >= 15 is 0 Å². The Bertz CT molecular complexity index is 1160. The van der Waals surface area contributed by atoms with Crippen LogP contribution in [0.25, 0.3) is 11.3 Å². The van der Waals surface area contributed by atoms with Crippen LogP contribution in [0.4, 0.5) is 0 Å². The van der Waals surface area contributed by atoms with Crippen LogP contribution in [0.2, 0.25) is 0 Å². The summed E-state index contributed by atoms with van der Waals surface area (Å²) in [6, 6.07) is 13.1. The molecule has 6 heteroatoms. The van der Waals surface area contributed by atoms with Gasteiger partial charge < -0.3 is 0 Å². The molecule has 0 spiro atoms. The van der Waals surface area contributed by atoms with E-state index in [1.54, 1.807) is 24.4 Å². The van der Waals surface area contributed by atoms with E-state index < -0.39 is 15.3 Å². The molecule has 0 radical (unpaired) electrons. The van der Waals surface area contributed by atoms with Gasteiger partial charge in [0.1, 0.15) is 5.25 Å². The highest BCUT2D eigenvalue weighted by atomic mass is 32.2. The maximum atomic E-state index is 13.5. The lowest BCUT2D eigenvalue weighted by Crippen LogP contribution is -2.20. The van der Waals surface area contributed by atoms with Gasteiger partial charge in [-0.3, -0.25) is 9.78 Å². The molecule has 31 heavy (non-hydrogen) atoms. The average molecular weight is 435 g/mol. The maximum absolute atomic E-state index is 13.5. The molecule has 1 aromatic carbocycles. The Morgan fingerprint density at radius 3 is 2.45 bits per heavy atom. The molecule has 160 valence electrons. The molecule has 0 saturated heterocycles. The van der Waals surface area contributed by atoms with Crippen LogP contribution in [0, 0.1) is 0 Å². The van der Waals surface area contributed by atoms with Gasteiger partial charge in [0.05, 0.1) is 5.69 Å². The first-order valence-electron chi connectivity index (χ1n) is 10.6. The number of carbonyl (C=O) groups excluding carboxylic acids is 1. The zero-order valence-corrected chi connectivity index (χ0v) is 18.2. The van der Waals surface area contributed by atoms with E-state index in [-0.39, 0.29) is 0 Å². The molecule has 0 bridgehead atoms. The Balaban J connectivity index is 1.74. The molecule has 2 aromatic heterocycles. The molecule has 0 aliphatic heterocycles. The third kappa shape index (κ3) is 4.26. The number of aromatic nitrogens is 2. The van der Waals surface area contributed by atoms with Gasteiger partial charge in [0.25, 0.3) is 0 Å². The molecular formula is C25H26N2O3S. The summed E-state index contributed by atoms with van der Waals surface area (Å²) in [6.07, 6.45) is 12.8.